The molecule has 0 fully saturated rings. The summed E-state index contributed by atoms with van der Waals surface area (Å²) in [5.41, 5.74) is 0. The van der Waals surface area contributed by atoms with Crippen LogP contribution < -0.4 is 0 Å². The monoisotopic (exact) mass is 198 g/mol. The van der Waals surface area contributed by atoms with E-state index in [9.17, 15) is 0 Å². The fourth-order valence-electron chi connectivity index (χ4n) is 0.252. The topological polar surface area (TPSA) is 24.7 Å². The van der Waals surface area contributed by atoms with E-state index in [0.717, 1.165) is 0 Å². The molecule has 0 aliphatic carbocycles. The van der Waals surface area contributed by atoms with Gasteiger partial charge in [0.05, 0.1) is 0 Å². The highest BCUT2D eigenvalue weighted by Crippen LogP contribution is 2.02. The zero-order valence-corrected chi connectivity index (χ0v) is 7.50. The van der Waals surface area contributed by atoms with Gasteiger partial charge in [0.1, 0.15) is 10.3 Å². The molecule has 0 N–H and O–H groups in total. The molecule has 56 valence electrons. The van der Waals surface area contributed by atoms with Gasteiger partial charge in [-0.15, -0.1) is 0 Å². The van der Waals surface area contributed by atoms with Crippen molar-refractivity contribution in [3.8, 4) is 0 Å². The van der Waals surface area contributed by atoms with E-state index in [0.29, 0.717) is 5.17 Å². The summed E-state index contributed by atoms with van der Waals surface area (Å²) >= 11 is 16.0. The van der Waals surface area contributed by atoms with Crippen LogP contribution in [0.1, 0.15) is 6.92 Å². The highest BCUT2D eigenvalue weighted by molar-refractivity contribution is 6.71. The molecule has 0 aliphatic rings. The van der Waals surface area contributed by atoms with Crippen LogP contribution in [0.2, 0.25) is 0 Å². The van der Waals surface area contributed by atoms with Crippen LogP contribution in [0.3, 0.4) is 0 Å². The minimum Gasteiger partial charge on any atom is -0.211 e. The Bertz CT molecular complexity index is 191. The molecule has 2 nitrogen and oxygen atoms in total. The van der Waals surface area contributed by atoms with Crippen LogP contribution in [0.15, 0.2) is 21.7 Å². The quantitative estimate of drug-likeness (QED) is 0.352. The molecule has 0 saturated carbocycles. The molecule has 0 heterocycles. The molecule has 0 aliphatic heterocycles. The largest absolute Gasteiger partial charge is 0.224 e. The molecule has 0 rings (SSSR count). The second kappa shape index (κ2) is 4.72. The fourth-order valence-corrected chi connectivity index (χ4v) is 0.728. The molecule has 0 aromatic carbocycles. The van der Waals surface area contributed by atoms with Gasteiger partial charge >= 0.3 is 0 Å². The van der Waals surface area contributed by atoms with Crippen molar-refractivity contribution >= 4 is 45.3 Å². The zero-order chi connectivity index (χ0) is 8.15. The van der Waals surface area contributed by atoms with Gasteiger partial charge in [0.2, 0.25) is 5.29 Å². The summed E-state index contributed by atoms with van der Waals surface area (Å²) in [4.78, 5) is 7.07. The maximum Gasteiger partial charge on any atom is 0.224 e. The summed E-state index contributed by atoms with van der Waals surface area (Å²) in [6.45, 7) is 4.86. The lowest BCUT2D eigenvalue weighted by molar-refractivity contribution is 1.51. The van der Waals surface area contributed by atoms with Crippen molar-refractivity contribution in [2.24, 2.45) is 9.98 Å². The predicted molar refractivity (Wildman–Crippen MR) is 47.2 cm³/mol. The first-order chi connectivity index (χ1) is 4.52. The van der Waals surface area contributed by atoms with Crippen LogP contribution in [0, 0.1) is 0 Å². The van der Waals surface area contributed by atoms with Gasteiger partial charge in [-0.1, -0.05) is 29.8 Å². The van der Waals surface area contributed by atoms with Gasteiger partial charge in [-0.3, -0.25) is 0 Å². The first kappa shape index (κ1) is 9.95. The van der Waals surface area contributed by atoms with Crippen molar-refractivity contribution in [1.29, 1.82) is 0 Å². The molecular weight excluding hydrogens is 194 g/mol. The lowest BCUT2D eigenvalue weighted by atomic mass is 10.9. The Morgan fingerprint density at radius 2 is 1.70 bits per heavy atom. The Morgan fingerprint density at radius 1 is 1.20 bits per heavy atom. The molecule has 0 aromatic rings. The molecule has 0 amide bonds. The summed E-state index contributed by atoms with van der Waals surface area (Å²) in [7, 11) is 0. The second-order valence-corrected chi connectivity index (χ2v) is 2.69. The number of halogens is 3. The molecule has 0 saturated heterocycles. The highest BCUT2D eigenvalue weighted by atomic mass is 35.5. The third-order valence-corrected chi connectivity index (χ3v) is 0.798. The fraction of sp³-hybridized carbons (Fsp3) is 0.200. The van der Waals surface area contributed by atoms with E-state index in [1.54, 1.807) is 6.92 Å². The Balaban J connectivity index is 4.22. The van der Waals surface area contributed by atoms with Crippen LogP contribution >= 0.6 is 34.8 Å². The minimum absolute atomic E-state index is 0.0208. The van der Waals surface area contributed by atoms with Crippen LogP contribution in [0.25, 0.3) is 0 Å². The maximum atomic E-state index is 5.40. The standard InChI is InChI=1S/C5H5Cl3N2/c1-3(6)9-5(8)10-4(2)7/h1H2,2H3. The molecule has 5 heteroatoms. The van der Waals surface area contributed by atoms with Crippen LogP contribution in [0.4, 0.5) is 0 Å². The summed E-state index contributed by atoms with van der Waals surface area (Å²) in [6, 6.07) is 0. The SMILES string of the molecule is C=C(Cl)N=C(Cl)N=C(C)Cl. The smallest absolute Gasteiger partial charge is 0.211 e. The van der Waals surface area contributed by atoms with E-state index in [-0.39, 0.29) is 10.5 Å². The third-order valence-electron chi connectivity index (χ3n) is 0.460. The summed E-state index contributed by atoms with van der Waals surface area (Å²) in [6.07, 6.45) is 0. The van der Waals surface area contributed by atoms with Gasteiger partial charge in [-0.2, -0.15) is 0 Å². The van der Waals surface area contributed by atoms with E-state index < -0.39 is 0 Å². The normalized spacial score (nSPS) is 13.6. The average Bonchev–Trinajstić information content (AvgIpc) is 1.58. The van der Waals surface area contributed by atoms with E-state index in [2.05, 4.69) is 16.6 Å². The van der Waals surface area contributed by atoms with E-state index in [1.165, 1.54) is 0 Å². The highest BCUT2D eigenvalue weighted by Gasteiger charge is 1.90. The van der Waals surface area contributed by atoms with Gasteiger partial charge in [0.25, 0.3) is 0 Å². The zero-order valence-electron chi connectivity index (χ0n) is 5.24. The van der Waals surface area contributed by atoms with Gasteiger partial charge in [-0.05, 0) is 18.5 Å². The molecule has 0 bridgehead atoms. The number of hydrogen-bond acceptors (Lipinski definition) is 1. The Labute approximate surface area is 74.2 Å². The Kier molecular flexibility index (Phi) is 4.69. The third kappa shape index (κ3) is 6.08. The number of hydrogen-bond donors (Lipinski definition) is 0. The number of nitrogens with zero attached hydrogens (tertiary/aromatic N) is 2. The van der Waals surface area contributed by atoms with E-state index >= 15 is 0 Å². The van der Waals surface area contributed by atoms with Gasteiger partial charge in [0.15, 0.2) is 0 Å². The summed E-state index contributed by atoms with van der Waals surface area (Å²) in [5.74, 6) is 0. The number of amidine groups is 1. The molecule has 10 heavy (non-hydrogen) atoms. The summed E-state index contributed by atoms with van der Waals surface area (Å²) in [5, 5.41) is 0.353. The van der Waals surface area contributed by atoms with Crippen molar-refractivity contribution in [2.75, 3.05) is 0 Å². The van der Waals surface area contributed by atoms with Crippen molar-refractivity contribution < 1.29 is 0 Å². The van der Waals surface area contributed by atoms with Crippen molar-refractivity contribution in [3.05, 3.63) is 11.7 Å². The van der Waals surface area contributed by atoms with Crippen molar-refractivity contribution in [2.45, 2.75) is 6.92 Å². The molecule has 0 unspecified atom stereocenters. The first-order valence-corrected chi connectivity index (χ1v) is 3.45. The van der Waals surface area contributed by atoms with Crippen LogP contribution in [-0.2, 0) is 0 Å². The van der Waals surface area contributed by atoms with Crippen molar-refractivity contribution in [3.63, 3.8) is 0 Å². The van der Waals surface area contributed by atoms with Crippen LogP contribution in [-0.4, -0.2) is 10.5 Å². The minimum atomic E-state index is -0.0208. The van der Waals surface area contributed by atoms with Crippen LogP contribution in [0.5, 0.6) is 0 Å². The molecule has 0 spiro atoms. The molecular formula is C5H5Cl3N2. The second-order valence-electron chi connectivity index (χ2n) is 1.37. The van der Waals surface area contributed by atoms with Gasteiger partial charge in [-0.25, -0.2) is 9.98 Å². The number of rotatable bonds is 1. The molecule has 0 aromatic heterocycles. The van der Waals surface area contributed by atoms with Crippen molar-refractivity contribution in [1.82, 2.24) is 0 Å². The Morgan fingerprint density at radius 3 is 2.00 bits per heavy atom. The molecule has 0 atom stereocenters. The van der Waals surface area contributed by atoms with Gasteiger partial charge in [0, 0.05) is 0 Å². The lowest BCUT2D eigenvalue weighted by Crippen LogP contribution is -1.84. The predicted octanol–water partition coefficient (Wildman–Crippen LogP) is 2.95. The Hall–Kier alpha value is -0.0500. The lowest BCUT2D eigenvalue weighted by Gasteiger charge is -1.87. The first-order valence-electron chi connectivity index (χ1n) is 2.31. The molecule has 0 radical (unpaired) electrons. The average molecular weight is 199 g/mol. The number of aliphatic imine (C=N–C) groups is 2. The maximum absolute atomic E-state index is 5.40. The van der Waals surface area contributed by atoms with E-state index in [1.807, 2.05) is 0 Å². The van der Waals surface area contributed by atoms with E-state index in [4.69, 9.17) is 34.8 Å². The summed E-state index contributed by atoms with van der Waals surface area (Å²) < 4.78 is 0. The van der Waals surface area contributed by atoms with Gasteiger partial charge < -0.3 is 0 Å².